The van der Waals surface area contributed by atoms with Crippen molar-refractivity contribution < 1.29 is 0 Å². The maximum absolute atomic E-state index is 5.38. The highest BCUT2D eigenvalue weighted by Gasteiger charge is 1.94. The van der Waals surface area contributed by atoms with Gasteiger partial charge in [0.1, 0.15) is 0 Å². The zero-order chi connectivity index (χ0) is 6.57. The molecule has 0 aromatic rings. The third kappa shape index (κ3) is 4.09. The number of hydrogen-bond donors (Lipinski definition) is 1. The van der Waals surface area contributed by atoms with Gasteiger partial charge in [-0.25, -0.2) is 0 Å². The van der Waals surface area contributed by atoms with Crippen molar-refractivity contribution in [1.82, 2.24) is 0 Å². The van der Waals surface area contributed by atoms with Crippen molar-refractivity contribution in [3.63, 3.8) is 0 Å². The molecule has 0 aliphatic heterocycles. The fourth-order valence-corrected chi connectivity index (χ4v) is 0.750. The van der Waals surface area contributed by atoms with Gasteiger partial charge in [0.25, 0.3) is 0 Å². The number of allylic oxidation sites excluding steroid dienone is 1. The van der Waals surface area contributed by atoms with Crippen LogP contribution in [0.15, 0.2) is 24.8 Å². The Balaban J connectivity index is 3.39. The van der Waals surface area contributed by atoms with E-state index >= 15 is 0 Å². The van der Waals surface area contributed by atoms with E-state index in [1.54, 1.807) is 6.08 Å². The van der Waals surface area contributed by atoms with Crippen LogP contribution in [0.4, 0.5) is 0 Å². The molecule has 0 aromatic heterocycles. The first-order valence-electron chi connectivity index (χ1n) is 2.36. The monoisotopic (exact) mass is 175 g/mol. The molecule has 0 bridgehead atoms. The standard InChI is InChI=1S/C6H10BrN/c1-3-5(2)4-6(7)8/h3,6H,1-2,4,8H2. The maximum Gasteiger partial charge on any atom is 0.0646 e. The molecule has 0 spiro atoms. The van der Waals surface area contributed by atoms with Crippen molar-refractivity contribution in [3.8, 4) is 0 Å². The van der Waals surface area contributed by atoms with Crippen LogP contribution in [0, 0.1) is 0 Å². The zero-order valence-corrected chi connectivity index (χ0v) is 6.32. The van der Waals surface area contributed by atoms with E-state index in [2.05, 4.69) is 29.1 Å². The Morgan fingerprint density at radius 2 is 2.38 bits per heavy atom. The number of hydrogen-bond acceptors (Lipinski definition) is 1. The Kier molecular flexibility index (Phi) is 3.83. The SMILES string of the molecule is C=CC(=C)CC(N)Br. The molecule has 1 unspecified atom stereocenters. The molecule has 0 amide bonds. The van der Waals surface area contributed by atoms with E-state index in [9.17, 15) is 0 Å². The van der Waals surface area contributed by atoms with Crippen LogP contribution < -0.4 is 5.73 Å². The molecule has 0 rings (SSSR count). The van der Waals surface area contributed by atoms with Crippen LogP contribution in [-0.4, -0.2) is 4.95 Å². The molecule has 8 heavy (non-hydrogen) atoms. The molecule has 0 radical (unpaired) electrons. The van der Waals surface area contributed by atoms with Crippen molar-refractivity contribution in [2.45, 2.75) is 11.4 Å². The summed E-state index contributed by atoms with van der Waals surface area (Å²) in [7, 11) is 0. The van der Waals surface area contributed by atoms with Gasteiger partial charge in [0.2, 0.25) is 0 Å². The predicted octanol–water partition coefficient (Wildman–Crippen LogP) is 1.80. The van der Waals surface area contributed by atoms with Crippen LogP contribution in [-0.2, 0) is 0 Å². The maximum atomic E-state index is 5.38. The van der Waals surface area contributed by atoms with Gasteiger partial charge in [0.15, 0.2) is 0 Å². The average molecular weight is 176 g/mol. The smallest absolute Gasteiger partial charge is 0.0646 e. The number of halogens is 1. The zero-order valence-electron chi connectivity index (χ0n) is 4.73. The molecular formula is C6H10BrN. The Bertz CT molecular complexity index is 96.7. The molecule has 0 saturated heterocycles. The quantitative estimate of drug-likeness (QED) is 0.396. The summed E-state index contributed by atoms with van der Waals surface area (Å²) >= 11 is 3.18. The van der Waals surface area contributed by atoms with Gasteiger partial charge in [0, 0.05) is 0 Å². The van der Waals surface area contributed by atoms with Gasteiger partial charge in [0.05, 0.1) is 4.95 Å². The predicted molar refractivity (Wildman–Crippen MR) is 40.9 cm³/mol. The second-order valence-electron chi connectivity index (χ2n) is 1.58. The first-order valence-corrected chi connectivity index (χ1v) is 3.28. The third-order valence-electron chi connectivity index (χ3n) is 0.746. The van der Waals surface area contributed by atoms with Crippen LogP contribution in [0.5, 0.6) is 0 Å². The Morgan fingerprint density at radius 1 is 1.88 bits per heavy atom. The minimum absolute atomic E-state index is 0.0213. The summed E-state index contributed by atoms with van der Waals surface area (Å²) < 4.78 is 0. The highest BCUT2D eigenvalue weighted by molar-refractivity contribution is 9.09. The van der Waals surface area contributed by atoms with E-state index in [4.69, 9.17) is 5.73 Å². The summed E-state index contributed by atoms with van der Waals surface area (Å²) in [4.78, 5) is 0.0213. The second-order valence-corrected chi connectivity index (χ2v) is 2.76. The minimum Gasteiger partial charge on any atom is -0.319 e. The average Bonchev–Trinajstić information content (AvgIpc) is 1.65. The number of rotatable bonds is 3. The lowest BCUT2D eigenvalue weighted by Crippen LogP contribution is -2.10. The molecule has 0 aliphatic carbocycles. The minimum atomic E-state index is 0.0213. The first-order chi connectivity index (χ1) is 3.66. The van der Waals surface area contributed by atoms with E-state index in [1.165, 1.54) is 0 Å². The van der Waals surface area contributed by atoms with Crippen LogP contribution in [0.1, 0.15) is 6.42 Å². The van der Waals surface area contributed by atoms with Crippen LogP contribution in [0.2, 0.25) is 0 Å². The van der Waals surface area contributed by atoms with Crippen LogP contribution in [0.3, 0.4) is 0 Å². The van der Waals surface area contributed by atoms with Crippen molar-refractivity contribution in [1.29, 1.82) is 0 Å². The lowest BCUT2D eigenvalue weighted by molar-refractivity contribution is 0.926. The highest BCUT2D eigenvalue weighted by atomic mass is 79.9. The number of nitrogens with two attached hydrogens (primary N) is 1. The van der Waals surface area contributed by atoms with E-state index in [1.807, 2.05) is 0 Å². The Hall–Kier alpha value is -0.0800. The summed E-state index contributed by atoms with van der Waals surface area (Å²) in [6.07, 6.45) is 2.48. The highest BCUT2D eigenvalue weighted by Crippen LogP contribution is 2.05. The van der Waals surface area contributed by atoms with Crippen molar-refractivity contribution in [2.75, 3.05) is 0 Å². The Morgan fingerprint density at radius 3 is 2.50 bits per heavy atom. The van der Waals surface area contributed by atoms with Gasteiger partial charge in [-0.15, -0.1) is 0 Å². The summed E-state index contributed by atoms with van der Waals surface area (Å²) in [5, 5.41) is 0. The van der Waals surface area contributed by atoms with E-state index in [0.717, 1.165) is 12.0 Å². The molecule has 0 saturated carbocycles. The van der Waals surface area contributed by atoms with Gasteiger partial charge >= 0.3 is 0 Å². The van der Waals surface area contributed by atoms with Gasteiger partial charge < -0.3 is 5.73 Å². The van der Waals surface area contributed by atoms with E-state index < -0.39 is 0 Å². The molecular weight excluding hydrogens is 166 g/mol. The summed E-state index contributed by atoms with van der Waals surface area (Å²) in [5.41, 5.74) is 6.34. The van der Waals surface area contributed by atoms with Gasteiger partial charge in [-0.3, -0.25) is 0 Å². The van der Waals surface area contributed by atoms with Crippen LogP contribution >= 0.6 is 15.9 Å². The lowest BCUT2D eigenvalue weighted by Gasteiger charge is -1.99. The lowest BCUT2D eigenvalue weighted by atomic mass is 10.2. The van der Waals surface area contributed by atoms with Crippen molar-refractivity contribution >= 4 is 15.9 Å². The Labute approximate surface area is 58.4 Å². The van der Waals surface area contributed by atoms with Crippen molar-refractivity contribution in [2.24, 2.45) is 5.73 Å². The topological polar surface area (TPSA) is 26.0 Å². The van der Waals surface area contributed by atoms with Gasteiger partial charge in [-0.05, 0) is 6.42 Å². The molecule has 0 heterocycles. The first kappa shape index (κ1) is 7.92. The molecule has 1 atom stereocenters. The molecule has 2 N–H and O–H groups in total. The van der Waals surface area contributed by atoms with Crippen LogP contribution in [0.25, 0.3) is 0 Å². The summed E-state index contributed by atoms with van der Waals surface area (Å²) in [6, 6.07) is 0. The molecule has 46 valence electrons. The molecule has 0 aliphatic rings. The van der Waals surface area contributed by atoms with Crippen molar-refractivity contribution in [3.05, 3.63) is 24.8 Å². The van der Waals surface area contributed by atoms with E-state index in [-0.39, 0.29) is 4.95 Å². The summed E-state index contributed by atoms with van der Waals surface area (Å²) in [6.45, 7) is 7.22. The van der Waals surface area contributed by atoms with Gasteiger partial charge in [-0.1, -0.05) is 40.7 Å². The molecule has 2 heteroatoms. The van der Waals surface area contributed by atoms with E-state index in [0.29, 0.717) is 0 Å². The third-order valence-corrected chi connectivity index (χ3v) is 1.07. The number of alkyl halides is 1. The molecule has 0 aromatic carbocycles. The second kappa shape index (κ2) is 3.87. The molecule has 0 fully saturated rings. The summed E-state index contributed by atoms with van der Waals surface area (Å²) in [5.74, 6) is 0. The van der Waals surface area contributed by atoms with Gasteiger partial charge in [-0.2, -0.15) is 0 Å². The normalized spacial score (nSPS) is 12.8. The fraction of sp³-hybridized carbons (Fsp3) is 0.333. The largest absolute Gasteiger partial charge is 0.319 e. The molecule has 1 nitrogen and oxygen atoms in total. The fourth-order valence-electron chi connectivity index (χ4n) is 0.334.